The number of nitrogens with zero attached hydrogens (tertiary/aromatic N) is 1. The van der Waals surface area contributed by atoms with Crippen LogP contribution in [0.15, 0.2) is 24.3 Å². The van der Waals surface area contributed by atoms with Crippen molar-refractivity contribution in [3.8, 4) is 0 Å². The smallest absolute Gasteiger partial charge is 0.0233 e. The fraction of sp³-hybridized carbons (Fsp3) is 0.600. The number of rotatable bonds is 5. The predicted molar refractivity (Wildman–Crippen MR) is 69.6 cm³/mol. The molecule has 0 amide bonds. The first-order chi connectivity index (χ1) is 7.88. The first kappa shape index (κ1) is 11.7. The molecule has 1 nitrogen and oxygen atoms in total. The molecule has 1 saturated heterocycles. The summed E-state index contributed by atoms with van der Waals surface area (Å²) < 4.78 is 0. The highest BCUT2D eigenvalue weighted by molar-refractivity contribution is 5.22. The lowest BCUT2D eigenvalue weighted by atomic mass is 10.1. The van der Waals surface area contributed by atoms with Gasteiger partial charge in [0.15, 0.2) is 0 Å². The lowest BCUT2D eigenvalue weighted by Crippen LogP contribution is -2.18. The SMILES string of the molecule is CCCCc1ccc(CN2CCCC2)cc1. The van der Waals surface area contributed by atoms with E-state index in [4.69, 9.17) is 0 Å². The maximum absolute atomic E-state index is 2.56. The highest BCUT2D eigenvalue weighted by atomic mass is 15.1. The standard InChI is InChI=1S/C15H23N/c1-2-3-6-14-7-9-15(10-8-14)13-16-11-4-5-12-16/h7-10H,2-6,11-13H2,1H3. The highest BCUT2D eigenvalue weighted by Gasteiger charge is 2.11. The number of unbranched alkanes of at least 4 members (excludes halogenated alkanes) is 1. The Hall–Kier alpha value is -0.820. The van der Waals surface area contributed by atoms with Gasteiger partial charge in [0.2, 0.25) is 0 Å². The molecule has 0 radical (unpaired) electrons. The largest absolute Gasteiger partial charge is 0.299 e. The summed E-state index contributed by atoms with van der Waals surface area (Å²) in [6, 6.07) is 9.23. The van der Waals surface area contributed by atoms with E-state index in [1.165, 1.54) is 56.3 Å². The number of hydrogen-bond donors (Lipinski definition) is 0. The molecular formula is C15H23N. The van der Waals surface area contributed by atoms with Gasteiger partial charge in [-0.25, -0.2) is 0 Å². The average molecular weight is 217 g/mol. The van der Waals surface area contributed by atoms with E-state index >= 15 is 0 Å². The van der Waals surface area contributed by atoms with Crippen molar-refractivity contribution in [1.29, 1.82) is 0 Å². The van der Waals surface area contributed by atoms with Gasteiger partial charge in [0, 0.05) is 6.54 Å². The minimum atomic E-state index is 1.15. The third-order valence-corrected chi connectivity index (χ3v) is 3.45. The van der Waals surface area contributed by atoms with Gasteiger partial charge in [0.1, 0.15) is 0 Å². The monoisotopic (exact) mass is 217 g/mol. The van der Waals surface area contributed by atoms with Crippen LogP contribution >= 0.6 is 0 Å². The second-order valence-electron chi connectivity index (χ2n) is 4.90. The van der Waals surface area contributed by atoms with Gasteiger partial charge in [0.25, 0.3) is 0 Å². The van der Waals surface area contributed by atoms with E-state index in [2.05, 4.69) is 36.1 Å². The normalized spacial score (nSPS) is 16.8. The maximum Gasteiger partial charge on any atom is 0.0233 e. The fourth-order valence-electron chi connectivity index (χ4n) is 2.39. The summed E-state index contributed by atoms with van der Waals surface area (Å²) in [4.78, 5) is 2.56. The number of hydrogen-bond acceptors (Lipinski definition) is 1. The summed E-state index contributed by atoms with van der Waals surface area (Å²) in [5, 5.41) is 0. The van der Waals surface area contributed by atoms with E-state index in [1.54, 1.807) is 0 Å². The molecule has 88 valence electrons. The van der Waals surface area contributed by atoms with E-state index in [0.717, 1.165) is 6.54 Å². The summed E-state index contributed by atoms with van der Waals surface area (Å²) in [5.74, 6) is 0. The van der Waals surface area contributed by atoms with Crippen molar-refractivity contribution in [2.75, 3.05) is 13.1 Å². The molecule has 16 heavy (non-hydrogen) atoms. The third-order valence-electron chi connectivity index (χ3n) is 3.45. The van der Waals surface area contributed by atoms with Crippen molar-refractivity contribution in [2.45, 2.75) is 45.6 Å². The average Bonchev–Trinajstić information content (AvgIpc) is 2.81. The van der Waals surface area contributed by atoms with E-state index in [9.17, 15) is 0 Å². The van der Waals surface area contributed by atoms with Gasteiger partial charge in [-0.1, -0.05) is 37.6 Å². The first-order valence-electron chi connectivity index (χ1n) is 6.68. The minimum absolute atomic E-state index is 1.15. The topological polar surface area (TPSA) is 3.24 Å². The molecule has 0 saturated carbocycles. The van der Waals surface area contributed by atoms with Crippen molar-refractivity contribution in [3.63, 3.8) is 0 Å². The Labute approximate surface area is 99.5 Å². The zero-order chi connectivity index (χ0) is 11.2. The fourth-order valence-corrected chi connectivity index (χ4v) is 2.39. The molecule has 0 N–H and O–H groups in total. The maximum atomic E-state index is 2.56. The summed E-state index contributed by atoms with van der Waals surface area (Å²) >= 11 is 0. The summed E-state index contributed by atoms with van der Waals surface area (Å²) in [5.41, 5.74) is 2.97. The van der Waals surface area contributed by atoms with E-state index in [-0.39, 0.29) is 0 Å². The van der Waals surface area contributed by atoms with Gasteiger partial charge in [0.05, 0.1) is 0 Å². The van der Waals surface area contributed by atoms with Crippen molar-refractivity contribution < 1.29 is 0 Å². The van der Waals surface area contributed by atoms with Crippen LogP contribution < -0.4 is 0 Å². The van der Waals surface area contributed by atoms with E-state index < -0.39 is 0 Å². The molecule has 0 spiro atoms. The molecule has 1 aromatic rings. The van der Waals surface area contributed by atoms with Crippen LogP contribution in [-0.2, 0) is 13.0 Å². The van der Waals surface area contributed by atoms with Gasteiger partial charge in [-0.3, -0.25) is 4.90 Å². The van der Waals surface area contributed by atoms with E-state index in [0.29, 0.717) is 0 Å². The predicted octanol–water partition coefficient (Wildman–Crippen LogP) is 3.63. The Morgan fingerprint density at radius 1 is 1.00 bits per heavy atom. The summed E-state index contributed by atoms with van der Waals surface area (Å²) in [6.45, 7) is 5.98. The molecule has 2 rings (SSSR count). The molecule has 0 aliphatic carbocycles. The van der Waals surface area contributed by atoms with Crippen LogP contribution in [0.25, 0.3) is 0 Å². The number of benzene rings is 1. The number of aryl methyl sites for hydroxylation is 1. The Morgan fingerprint density at radius 3 is 2.25 bits per heavy atom. The van der Waals surface area contributed by atoms with E-state index in [1.807, 2.05) is 0 Å². The van der Waals surface area contributed by atoms with Gasteiger partial charge < -0.3 is 0 Å². The summed E-state index contributed by atoms with van der Waals surface area (Å²) in [6.07, 6.45) is 6.60. The zero-order valence-corrected chi connectivity index (χ0v) is 10.4. The second-order valence-corrected chi connectivity index (χ2v) is 4.90. The summed E-state index contributed by atoms with van der Waals surface area (Å²) in [7, 11) is 0. The molecule has 0 atom stereocenters. The van der Waals surface area contributed by atoms with Gasteiger partial charge in [-0.15, -0.1) is 0 Å². The number of likely N-dealkylation sites (tertiary alicyclic amines) is 1. The lowest BCUT2D eigenvalue weighted by Gasteiger charge is -2.14. The van der Waals surface area contributed by atoms with Crippen LogP contribution in [0.2, 0.25) is 0 Å². The lowest BCUT2D eigenvalue weighted by molar-refractivity contribution is 0.331. The zero-order valence-electron chi connectivity index (χ0n) is 10.4. The van der Waals surface area contributed by atoms with Crippen LogP contribution in [0.3, 0.4) is 0 Å². The van der Waals surface area contributed by atoms with Crippen LogP contribution in [-0.4, -0.2) is 18.0 Å². The first-order valence-corrected chi connectivity index (χ1v) is 6.68. The molecule has 1 aliphatic heterocycles. The van der Waals surface area contributed by atoms with Crippen molar-refractivity contribution in [3.05, 3.63) is 35.4 Å². The quantitative estimate of drug-likeness (QED) is 0.728. The molecule has 1 heteroatoms. The van der Waals surface area contributed by atoms with Crippen molar-refractivity contribution in [1.82, 2.24) is 4.90 Å². The van der Waals surface area contributed by atoms with Crippen LogP contribution in [0.4, 0.5) is 0 Å². The Morgan fingerprint density at radius 2 is 1.62 bits per heavy atom. The Kier molecular flexibility index (Phi) is 4.41. The van der Waals surface area contributed by atoms with Crippen molar-refractivity contribution >= 4 is 0 Å². The minimum Gasteiger partial charge on any atom is -0.299 e. The molecule has 0 unspecified atom stereocenters. The van der Waals surface area contributed by atoms with Crippen LogP contribution in [0.1, 0.15) is 43.7 Å². The molecular weight excluding hydrogens is 194 g/mol. The van der Waals surface area contributed by atoms with Gasteiger partial charge in [-0.05, 0) is 49.9 Å². The Balaban J connectivity index is 1.86. The molecule has 1 aromatic carbocycles. The molecule has 1 aliphatic rings. The third kappa shape index (κ3) is 3.34. The molecule has 0 bridgehead atoms. The van der Waals surface area contributed by atoms with Crippen LogP contribution in [0.5, 0.6) is 0 Å². The second kappa shape index (κ2) is 6.05. The van der Waals surface area contributed by atoms with Crippen LogP contribution in [0, 0.1) is 0 Å². The molecule has 0 aromatic heterocycles. The van der Waals surface area contributed by atoms with Crippen molar-refractivity contribution in [2.24, 2.45) is 0 Å². The van der Waals surface area contributed by atoms with Gasteiger partial charge >= 0.3 is 0 Å². The highest BCUT2D eigenvalue weighted by Crippen LogP contribution is 2.14. The van der Waals surface area contributed by atoms with Gasteiger partial charge in [-0.2, -0.15) is 0 Å². The Bertz CT molecular complexity index is 296. The molecule has 1 fully saturated rings. The molecule has 1 heterocycles.